The van der Waals surface area contributed by atoms with Crippen LogP contribution in [0.2, 0.25) is 0 Å². The van der Waals surface area contributed by atoms with Crippen LogP contribution in [0.15, 0.2) is 183 Å². The van der Waals surface area contributed by atoms with Crippen LogP contribution in [0.3, 0.4) is 0 Å². The molecule has 0 bridgehead atoms. The number of sulfone groups is 3. The Balaban J connectivity index is 0.000000590. The van der Waals surface area contributed by atoms with Gasteiger partial charge in [0.2, 0.25) is 0 Å². The summed E-state index contributed by atoms with van der Waals surface area (Å²) in [6.07, 6.45) is 0.232. The summed E-state index contributed by atoms with van der Waals surface area (Å²) in [5.74, 6) is -3.76. The number of rotatable bonds is 2. The Morgan fingerprint density at radius 1 is 0.354 bits per heavy atom. The Hall–Kier alpha value is -11.6. The molecule has 6 aromatic rings. The number of hydrogen-bond acceptors (Lipinski definition) is 17. The third kappa shape index (κ3) is 20.9. The summed E-state index contributed by atoms with van der Waals surface area (Å²) in [5, 5.41) is 25.1. The van der Waals surface area contributed by atoms with Crippen molar-refractivity contribution in [2.24, 2.45) is 0 Å². The van der Waals surface area contributed by atoms with Gasteiger partial charge in [0.1, 0.15) is 5.75 Å². The maximum atomic E-state index is 11.9. The normalized spacial score (nSPS) is 16.2. The van der Waals surface area contributed by atoms with Crippen molar-refractivity contribution >= 4 is 92.7 Å². The molecular weight excluding hydrogens is 1320 g/mol. The topological polar surface area (TPSA) is 327 Å². The molecule has 0 spiro atoms. The molecule has 3 heterocycles. The van der Waals surface area contributed by atoms with Crippen molar-refractivity contribution < 1.29 is 69.0 Å². The summed E-state index contributed by atoms with van der Waals surface area (Å²) in [6.45, 7) is 51.6. The standard InChI is InChI=1S/C12H6N2O.C12H7NO3.C11H6N2O2S.C11H7NO4S.C9H6O2.C8H6O3S.6C2H6/c1-14-11(7-13)10-6-12(15)9-5-3-2-4-8(9)10;1-13-11(12(15)16)9-6-10(14)8-5-3-2-4-7(8)9;1-13-10(6-12)9-7-16(14,15)11-5-3-2-4-8(9)11;1-12-10(11(13)14)8-6-17(15,16)9-5-3-2-4-7(8)9;10-8-5-9(11)7-4-2-1-3-6(7)8;9-7-5-12(10,11)8-4-2-1-3-6(7)8;6*1-2/h2-5H,6H2;2-5H,6H2,(H,15,16);2-5H,7H2;2-5H,6H2,(H,13,14);1-4H,5H2;1-4H,5H2;6*1-2H3/b11-10+;11-9+;10-9+;10-8+;;;;;;;;/i/hT2. The van der Waals surface area contributed by atoms with E-state index >= 15 is 0 Å². The van der Waals surface area contributed by atoms with Gasteiger partial charge >= 0.3 is 11.9 Å². The molecule has 24 heteroatoms. The second-order valence-electron chi connectivity index (χ2n) is 18.6. The zero-order valence-electron chi connectivity index (χ0n) is 58.6. The first-order valence-electron chi connectivity index (χ1n) is 31.8. The van der Waals surface area contributed by atoms with E-state index in [1.807, 2.05) is 89.2 Å². The largest absolute Gasteiger partial charge is 0.486 e. The maximum Gasteiger partial charge on any atom is 0.334 e. The van der Waals surface area contributed by atoms with Crippen molar-refractivity contribution in [3.8, 4) is 12.1 Å². The highest BCUT2D eigenvalue weighted by Gasteiger charge is 2.36. The first-order chi connectivity index (χ1) is 48.5. The molecule has 21 nitrogen and oxygen atoms in total. The van der Waals surface area contributed by atoms with Gasteiger partial charge in [-0.25, -0.2) is 55.2 Å². The summed E-state index contributed by atoms with van der Waals surface area (Å²) < 4.78 is 82.8. The number of fused-ring (bicyclic) bond motifs is 6. The first-order valence-corrected chi connectivity index (χ1v) is 35.9. The second-order valence-corrected chi connectivity index (χ2v) is 24.5. The van der Waals surface area contributed by atoms with Gasteiger partial charge in [-0.2, -0.15) is 0 Å². The van der Waals surface area contributed by atoms with E-state index in [4.69, 9.17) is 39.7 Å². The molecule has 3 aliphatic carbocycles. The molecule has 0 radical (unpaired) electrons. The Morgan fingerprint density at radius 3 is 0.970 bits per heavy atom. The number of allylic oxidation sites excluding steroid dienone is 4. The van der Waals surface area contributed by atoms with Crippen molar-refractivity contribution in [1.29, 1.82) is 13.4 Å². The second kappa shape index (κ2) is 41.3. The van der Waals surface area contributed by atoms with Crippen molar-refractivity contribution in [2.75, 3.05) is 17.3 Å². The number of nitrogens with zero attached hydrogens (tertiary/aromatic N) is 6. The Labute approximate surface area is 582 Å². The summed E-state index contributed by atoms with van der Waals surface area (Å²) in [4.78, 5) is 91.7. The number of ketones is 5. The van der Waals surface area contributed by atoms with Gasteiger partial charge in [0.25, 0.3) is 25.7 Å². The number of carboxylic acids is 2. The van der Waals surface area contributed by atoms with Gasteiger partial charge in [-0.15, -0.1) is 0 Å². The molecule has 99 heavy (non-hydrogen) atoms. The fourth-order valence-corrected chi connectivity index (χ4v) is 14.3. The lowest BCUT2D eigenvalue weighted by Crippen LogP contribution is -2.03. The van der Waals surface area contributed by atoms with Gasteiger partial charge in [0.15, 0.2) is 58.4 Å². The number of carboxylic acid groups (broad SMARTS) is 2. The molecule has 0 atom stereocenters. The van der Waals surface area contributed by atoms with Crippen LogP contribution in [0.25, 0.3) is 44.5 Å². The van der Waals surface area contributed by atoms with E-state index in [0.717, 1.165) is 5.56 Å². The van der Waals surface area contributed by atoms with Crippen LogP contribution in [0.5, 0.6) is 0 Å². The van der Waals surface area contributed by atoms with Gasteiger partial charge in [0, 0.05) is 40.7 Å². The number of benzene rings is 6. The third-order valence-electron chi connectivity index (χ3n) is 13.4. The molecule has 2 N–H and O–H groups in total. The minimum Gasteiger partial charge on any atom is -0.486 e. The fourth-order valence-electron chi connectivity index (χ4n) is 9.56. The van der Waals surface area contributed by atoms with Crippen LogP contribution < -0.4 is 0 Å². The van der Waals surface area contributed by atoms with Crippen LogP contribution in [0.4, 0.5) is 0 Å². The summed E-state index contributed by atoms with van der Waals surface area (Å²) >= 11 is 0. The summed E-state index contributed by atoms with van der Waals surface area (Å²) in [7, 11) is -10.2. The Kier molecular flexibility index (Phi) is 34.1. The SMILES string of the molecule is CC.CC.CC.CC.CC.CC.O=C1CC(=O)c2ccccc21.O=C1CS(=O)(=O)c2ccccc21.[3H]OC(=O)/C([N+]#[C-])=C1/CC(=O)c2ccccc21.[3H]OC(=O)/C([N+]#[C-])=C1/CS(=O)(=O)c2ccccc21.[C-]#[N+]/C(C#N)=C1\CC(=O)c2ccccc21.[C-]#[N+]/C(C#N)=C1\CS(=O)(=O)c2ccccc21. The van der Waals surface area contributed by atoms with E-state index in [-0.39, 0.29) is 97.0 Å². The molecule has 3 aliphatic heterocycles. The van der Waals surface area contributed by atoms with Gasteiger partial charge in [0.05, 0.1) is 71.0 Å². The molecular formula is C75H74N6O15S3. The van der Waals surface area contributed by atoms with E-state index < -0.39 is 52.9 Å². The maximum absolute atomic E-state index is 11.9. The molecule has 0 amide bonds. The molecule has 0 saturated carbocycles. The highest BCUT2D eigenvalue weighted by atomic mass is 32.2. The molecule has 6 aromatic carbocycles. The van der Waals surface area contributed by atoms with Crippen molar-refractivity contribution in [3.63, 3.8) is 0 Å². The lowest BCUT2D eigenvalue weighted by atomic mass is 10.1. The summed E-state index contributed by atoms with van der Waals surface area (Å²) in [6, 6.07) is 43.2. The highest BCUT2D eigenvalue weighted by Crippen LogP contribution is 2.39. The number of Topliss-reactive ketones (excluding diaryl/α,β-unsaturated/α-hetero) is 5. The average Bonchev–Trinajstić information content (AvgIpc) is 1.63. The number of hydrogen-bond donors (Lipinski definition) is 2. The van der Waals surface area contributed by atoms with Crippen molar-refractivity contribution in [2.45, 2.75) is 117 Å². The molecule has 6 aliphatic rings. The predicted molar refractivity (Wildman–Crippen MR) is 379 cm³/mol. The minimum atomic E-state index is -3.52. The Morgan fingerprint density at radius 2 is 0.616 bits per heavy atom. The van der Waals surface area contributed by atoms with Gasteiger partial charge < -0.3 is 10.2 Å². The first kappa shape index (κ1) is 81.6. The van der Waals surface area contributed by atoms with E-state index in [9.17, 15) is 58.8 Å². The molecule has 0 unspecified atom stereocenters. The highest BCUT2D eigenvalue weighted by molar-refractivity contribution is 7.93. The van der Waals surface area contributed by atoms with Gasteiger partial charge in [-0.05, 0) is 62.7 Å². The number of aliphatic carboxylic acids is 2. The van der Waals surface area contributed by atoms with E-state index in [2.05, 4.69) is 29.6 Å². The number of carbonyl (C=O) groups is 7. The smallest absolute Gasteiger partial charge is 0.334 e. The lowest BCUT2D eigenvalue weighted by molar-refractivity contribution is -0.133. The van der Waals surface area contributed by atoms with Gasteiger partial charge in [-0.3, -0.25) is 33.6 Å². The van der Waals surface area contributed by atoms with Crippen molar-refractivity contribution in [1.82, 2.24) is 0 Å². The van der Waals surface area contributed by atoms with Crippen molar-refractivity contribution in [3.05, 3.63) is 264 Å². The van der Waals surface area contributed by atoms with E-state index in [0.29, 0.717) is 61.2 Å². The van der Waals surface area contributed by atoms with Crippen LogP contribution in [0, 0.1) is 49.0 Å². The molecule has 0 fully saturated rings. The minimum absolute atomic E-state index is 0.00611. The fraction of sp³-hybridized carbons (Fsp3) is 0.240. The average molecular weight is 1400 g/mol. The summed E-state index contributed by atoms with van der Waals surface area (Å²) in [5.41, 5.74) is 5.17. The van der Waals surface area contributed by atoms with E-state index in [1.54, 1.807) is 127 Å². The zero-order chi connectivity index (χ0) is 77.0. The van der Waals surface area contributed by atoms with Crippen LogP contribution in [-0.4, -0.2) is 93.6 Å². The van der Waals surface area contributed by atoms with Gasteiger partial charge in [-0.1, -0.05) is 210 Å². The Bertz CT molecular complexity index is 4810. The number of carbonyl (C=O) groups excluding carboxylic acids is 5. The van der Waals surface area contributed by atoms with Crippen LogP contribution in [0.1, 0.15) is 176 Å². The van der Waals surface area contributed by atoms with Crippen LogP contribution in [-0.2, 0) is 39.1 Å². The molecule has 512 valence electrons. The zero-order valence-corrected chi connectivity index (χ0v) is 59.1. The monoisotopic (exact) mass is 1400 g/mol. The molecule has 12 rings (SSSR count). The van der Waals surface area contributed by atoms with Crippen LogP contribution >= 0.6 is 0 Å². The third-order valence-corrected chi connectivity index (χ3v) is 18.5. The van der Waals surface area contributed by atoms with E-state index in [1.165, 1.54) is 24.3 Å². The quantitative estimate of drug-likeness (QED) is 0.0704. The lowest BCUT2D eigenvalue weighted by Gasteiger charge is -2.00. The molecule has 0 saturated heterocycles. The predicted octanol–water partition coefficient (Wildman–Crippen LogP) is 15.5. The number of nitriles is 2. The molecule has 0 aromatic heterocycles.